The zero-order valence-electron chi connectivity index (χ0n) is 18.2. The Kier molecular flexibility index (Phi) is 7.36. The summed E-state index contributed by atoms with van der Waals surface area (Å²) in [5.41, 5.74) is 2.24. The summed E-state index contributed by atoms with van der Waals surface area (Å²) in [5.74, 6) is -0.138. The second-order valence-corrected chi connectivity index (χ2v) is 7.97. The lowest BCUT2D eigenvalue weighted by Gasteiger charge is -2.27. The molecule has 2 aliphatic rings. The third-order valence-corrected chi connectivity index (χ3v) is 5.72. The molecule has 8 nitrogen and oxygen atoms in total. The van der Waals surface area contributed by atoms with Crippen LogP contribution in [0.15, 0.2) is 47.9 Å². The summed E-state index contributed by atoms with van der Waals surface area (Å²) in [4.78, 5) is 17.0. The first-order chi connectivity index (χ1) is 16.1. The Morgan fingerprint density at radius 1 is 1.39 bits per heavy atom. The lowest BCUT2D eigenvalue weighted by atomic mass is 10.1. The van der Waals surface area contributed by atoms with Crippen LogP contribution < -0.4 is 25.4 Å². The van der Waals surface area contributed by atoms with E-state index in [1.165, 1.54) is 19.2 Å². The number of nitrogens with one attached hydrogen (secondary N) is 3. The summed E-state index contributed by atoms with van der Waals surface area (Å²) in [7, 11) is 1.37. The molecule has 1 amide bonds. The van der Waals surface area contributed by atoms with Gasteiger partial charge in [0.15, 0.2) is 11.6 Å². The largest absolute Gasteiger partial charge is 0.492 e. The molecule has 1 aromatic carbocycles. The van der Waals surface area contributed by atoms with Gasteiger partial charge in [0.2, 0.25) is 0 Å². The fraction of sp³-hybridized carbons (Fsp3) is 0.348. The number of halogens is 1. The van der Waals surface area contributed by atoms with Crippen LogP contribution in [0.2, 0.25) is 0 Å². The second-order valence-electron chi connectivity index (χ2n) is 7.56. The Morgan fingerprint density at radius 2 is 2.24 bits per heavy atom. The van der Waals surface area contributed by atoms with E-state index in [2.05, 4.69) is 20.9 Å². The summed E-state index contributed by atoms with van der Waals surface area (Å²) < 4.78 is 30.5. The van der Waals surface area contributed by atoms with Crippen LogP contribution in [0.3, 0.4) is 0 Å². The maximum absolute atomic E-state index is 14.0. The van der Waals surface area contributed by atoms with Gasteiger partial charge >= 0.3 is 0 Å². The van der Waals surface area contributed by atoms with Gasteiger partial charge in [0, 0.05) is 50.0 Å². The number of nitrogens with zero attached hydrogens (tertiary/aromatic N) is 1. The Balaban J connectivity index is 1.50. The maximum Gasteiger partial charge on any atom is 0.256 e. The van der Waals surface area contributed by atoms with E-state index >= 15 is 0 Å². The fourth-order valence-electron chi connectivity index (χ4n) is 3.55. The van der Waals surface area contributed by atoms with Gasteiger partial charge in [-0.15, -0.1) is 0 Å². The number of rotatable bonds is 9. The molecule has 4 rings (SSSR count). The minimum Gasteiger partial charge on any atom is -0.492 e. The third-order valence-electron chi connectivity index (χ3n) is 5.42. The van der Waals surface area contributed by atoms with Crippen molar-refractivity contribution in [2.45, 2.75) is 25.5 Å². The first-order valence-electron chi connectivity index (χ1n) is 10.6. The third kappa shape index (κ3) is 5.40. The van der Waals surface area contributed by atoms with Gasteiger partial charge in [-0.25, -0.2) is 4.39 Å². The van der Waals surface area contributed by atoms with Crippen molar-refractivity contribution in [2.75, 3.05) is 32.2 Å². The van der Waals surface area contributed by atoms with Crippen molar-refractivity contribution in [1.29, 1.82) is 0 Å². The van der Waals surface area contributed by atoms with Crippen molar-refractivity contribution >= 4 is 28.8 Å². The fourth-order valence-corrected chi connectivity index (χ4v) is 3.88. The molecule has 2 aromatic rings. The molecule has 1 atom stereocenters. The van der Waals surface area contributed by atoms with E-state index in [0.29, 0.717) is 48.8 Å². The number of carbonyl (C=O) groups excluding carboxylic acids is 1. The lowest BCUT2D eigenvalue weighted by molar-refractivity contribution is -0.117. The van der Waals surface area contributed by atoms with Crippen LogP contribution in [-0.4, -0.2) is 48.9 Å². The van der Waals surface area contributed by atoms with Crippen LogP contribution in [0.5, 0.6) is 11.5 Å². The number of hydrogen-bond donors (Lipinski definition) is 3. The molecule has 174 valence electrons. The number of anilines is 1. The number of thiocarbonyl (C=S) groups is 1. The van der Waals surface area contributed by atoms with Crippen molar-refractivity contribution in [2.24, 2.45) is 0 Å². The van der Waals surface area contributed by atoms with E-state index in [1.807, 2.05) is 6.07 Å². The maximum atomic E-state index is 14.0. The highest BCUT2D eigenvalue weighted by Crippen LogP contribution is 2.28. The van der Waals surface area contributed by atoms with Crippen LogP contribution >= 0.6 is 12.2 Å². The number of methoxy groups -OCH3 is 1. The van der Waals surface area contributed by atoms with E-state index in [0.717, 1.165) is 18.6 Å². The average molecular weight is 473 g/mol. The summed E-state index contributed by atoms with van der Waals surface area (Å²) in [6.07, 6.45) is 5.03. The first kappa shape index (κ1) is 22.9. The highest BCUT2D eigenvalue weighted by atomic mass is 32.1. The van der Waals surface area contributed by atoms with Gasteiger partial charge in [-0.2, -0.15) is 0 Å². The van der Waals surface area contributed by atoms with Crippen LogP contribution in [0.4, 0.5) is 10.1 Å². The molecular weight excluding hydrogens is 447 g/mol. The van der Waals surface area contributed by atoms with E-state index in [9.17, 15) is 9.18 Å². The minimum atomic E-state index is -0.525. The Bertz CT molecular complexity index is 1070. The number of ether oxygens (including phenoxy) is 3. The average Bonchev–Trinajstić information content (AvgIpc) is 2.77. The molecule has 1 aromatic heterocycles. The first-order valence-corrected chi connectivity index (χ1v) is 11.0. The number of benzene rings is 1. The zero-order valence-corrected chi connectivity index (χ0v) is 19.0. The highest BCUT2D eigenvalue weighted by molar-refractivity contribution is 7.81. The molecular formula is C23H25FN4O4S. The van der Waals surface area contributed by atoms with Gasteiger partial charge in [-0.3, -0.25) is 9.78 Å². The molecule has 0 aliphatic carbocycles. The number of hydrogen-bond acceptors (Lipinski definition) is 7. The summed E-state index contributed by atoms with van der Waals surface area (Å²) in [6.45, 7) is 2.14. The van der Waals surface area contributed by atoms with Gasteiger partial charge in [0.25, 0.3) is 5.91 Å². The van der Waals surface area contributed by atoms with Crippen molar-refractivity contribution in [3.63, 3.8) is 0 Å². The van der Waals surface area contributed by atoms with Crippen molar-refractivity contribution < 1.29 is 23.4 Å². The number of pyridine rings is 1. The number of para-hydroxylation sites is 1. The van der Waals surface area contributed by atoms with E-state index in [1.54, 1.807) is 18.5 Å². The van der Waals surface area contributed by atoms with E-state index in [4.69, 9.17) is 26.4 Å². The summed E-state index contributed by atoms with van der Waals surface area (Å²) >= 11 is 5.51. The van der Waals surface area contributed by atoms with Crippen molar-refractivity contribution in [3.8, 4) is 11.5 Å². The molecule has 1 saturated heterocycles. The SMILES string of the molecule is COc1c(F)cccc1NC(=S)C1=C(NCc2ccncc2OCC2CCO2)CCNC1=O. The summed E-state index contributed by atoms with van der Waals surface area (Å²) in [5, 5.41) is 9.08. The lowest BCUT2D eigenvalue weighted by Crippen LogP contribution is -2.39. The van der Waals surface area contributed by atoms with Crippen LogP contribution in [0.1, 0.15) is 18.4 Å². The second kappa shape index (κ2) is 10.6. The normalized spacial score (nSPS) is 17.6. The Labute approximate surface area is 196 Å². The minimum absolute atomic E-state index is 0.0280. The van der Waals surface area contributed by atoms with Crippen LogP contribution in [0.25, 0.3) is 0 Å². The van der Waals surface area contributed by atoms with E-state index in [-0.39, 0.29) is 22.7 Å². The molecule has 0 bridgehead atoms. The standard InChI is InChI=1S/C23H25FN4O4S/c1-30-21-16(24)3-2-4-18(21)28-23(33)20-17(6-9-26-22(20)29)27-11-14-5-8-25-12-19(14)32-13-15-7-10-31-15/h2-5,8,12,15,27H,6-7,9-11,13H2,1H3,(H,26,29)(H,28,33). The van der Waals surface area contributed by atoms with Gasteiger partial charge in [0.05, 0.1) is 30.7 Å². The van der Waals surface area contributed by atoms with Gasteiger partial charge in [-0.1, -0.05) is 18.3 Å². The quantitative estimate of drug-likeness (QED) is 0.480. The molecule has 1 unspecified atom stereocenters. The molecule has 3 N–H and O–H groups in total. The summed E-state index contributed by atoms with van der Waals surface area (Å²) in [6, 6.07) is 6.32. The predicted molar refractivity (Wildman–Crippen MR) is 125 cm³/mol. The van der Waals surface area contributed by atoms with Crippen LogP contribution in [-0.2, 0) is 16.1 Å². The Morgan fingerprint density at radius 3 is 3.00 bits per heavy atom. The molecule has 0 spiro atoms. The molecule has 0 radical (unpaired) electrons. The molecule has 0 saturated carbocycles. The number of amides is 1. The zero-order chi connectivity index (χ0) is 23.2. The highest BCUT2D eigenvalue weighted by Gasteiger charge is 2.25. The predicted octanol–water partition coefficient (Wildman–Crippen LogP) is 2.70. The number of aromatic nitrogens is 1. The smallest absolute Gasteiger partial charge is 0.256 e. The molecule has 1 fully saturated rings. The Hall–Kier alpha value is -3.24. The topological polar surface area (TPSA) is 93.7 Å². The van der Waals surface area contributed by atoms with Crippen LogP contribution in [0, 0.1) is 5.82 Å². The molecule has 10 heteroatoms. The number of carbonyl (C=O) groups is 1. The van der Waals surface area contributed by atoms with Gasteiger partial charge < -0.3 is 30.2 Å². The van der Waals surface area contributed by atoms with Gasteiger partial charge in [0.1, 0.15) is 17.3 Å². The molecule has 3 heterocycles. The van der Waals surface area contributed by atoms with Gasteiger partial charge in [-0.05, 0) is 18.2 Å². The monoisotopic (exact) mass is 472 g/mol. The molecule has 2 aliphatic heterocycles. The van der Waals surface area contributed by atoms with Crippen molar-refractivity contribution in [3.05, 3.63) is 59.3 Å². The van der Waals surface area contributed by atoms with Crippen molar-refractivity contribution in [1.82, 2.24) is 15.6 Å². The molecule has 33 heavy (non-hydrogen) atoms. The van der Waals surface area contributed by atoms with E-state index < -0.39 is 5.82 Å².